The Labute approximate surface area is 212 Å². The predicted octanol–water partition coefficient (Wildman–Crippen LogP) is 3.75. The summed E-state index contributed by atoms with van der Waals surface area (Å²) in [6.07, 6.45) is -1.73. The van der Waals surface area contributed by atoms with Crippen molar-refractivity contribution in [1.82, 2.24) is 9.78 Å². The van der Waals surface area contributed by atoms with Crippen molar-refractivity contribution in [2.75, 3.05) is 13.2 Å². The van der Waals surface area contributed by atoms with Gasteiger partial charge in [-0.15, -0.1) is 5.10 Å². The van der Waals surface area contributed by atoms with Crippen LogP contribution >= 0.6 is 0 Å². The van der Waals surface area contributed by atoms with E-state index in [1.54, 1.807) is 11.6 Å². The number of rotatable bonds is 11. The quantitative estimate of drug-likeness (QED) is 0.439. The van der Waals surface area contributed by atoms with Gasteiger partial charge in [-0.2, -0.15) is 0 Å². The summed E-state index contributed by atoms with van der Waals surface area (Å²) in [7, 11) is 0. The van der Waals surface area contributed by atoms with Crippen LogP contribution in [0.25, 0.3) is 0 Å². The Hall–Kier alpha value is -2.82. The number of ether oxygens (including phenoxy) is 5. The van der Waals surface area contributed by atoms with Gasteiger partial charge >= 0.3 is 6.16 Å². The highest BCUT2D eigenvalue weighted by molar-refractivity contribution is 5.59. The highest BCUT2D eigenvalue weighted by atomic mass is 16.7. The van der Waals surface area contributed by atoms with Crippen LogP contribution in [0.5, 0.6) is 11.6 Å². The topological polar surface area (TPSA) is 122 Å². The van der Waals surface area contributed by atoms with Crippen molar-refractivity contribution in [3.8, 4) is 11.6 Å². The number of carbonyl (C=O) groups excluding carboxylic acids is 1. The summed E-state index contributed by atoms with van der Waals surface area (Å²) in [5, 5.41) is 25.2. The highest BCUT2D eigenvalue weighted by Crippen LogP contribution is 2.31. The minimum absolute atomic E-state index is 0.00587. The van der Waals surface area contributed by atoms with Crippen LogP contribution in [0.2, 0.25) is 0 Å². The molecule has 2 heterocycles. The molecule has 1 aromatic heterocycles. The highest BCUT2D eigenvalue weighted by Gasteiger charge is 2.32. The van der Waals surface area contributed by atoms with Crippen molar-refractivity contribution >= 4 is 6.16 Å². The van der Waals surface area contributed by atoms with Crippen molar-refractivity contribution in [1.29, 1.82) is 0 Å². The average Bonchev–Trinajstić information content (AvgIpc) is 3.15. The van der Waals surface area contributed by atoms with Gasteiger partial charge in [-0.05, 0) is 52.3 Å². The molecular weight excluding hydrogens is 468 g/mol. The zero-order chi connectivity index (χ0) is 26.2. The summed E-state index contributed by atoms with van der Waals surface area (Å²) in [4.78, 5) is 11.5. The lowest BCUT2D eigenvalue weighted by Gasteiger charge is -2.32. The number of hydrogen-bond acceptors (Lipinski definition) is 9. The molecule has 1 aromatic carbocycles. The summed E-state index contributed by atoms with van der Waals surface area (Å²) < 4.78 is 29.4. The van der Waals surface area contributed by atoms with Gasteiger partial charge in [0.1, 0.15) is 12.4 Å². The Bertz CT molecular complexity index is 973. The maximum absolute atomic E-state index is 11.5. The normalized spacial score (nSPS) is 20.0. The molecule has 0 aliphatic carbocycles. The molecule has 3 rings (SSSR count). The van der Waals surface area contributed by atoms with Crippen LogP contribution in [0.15, 0.2) is 24.3 Å². The first-order chi connectivity index (χ1) is 17.2. The van der Waals surface area contributed by atoms with E-state index in [2.05, 4.69) is 5.10 Å². The SMILES string of the molecule is CCOC(=O)OCC1CC(O)CC(Oc2nn(C(C)C)c(CO)c2Cc2ccc(OC(C)C)cc2)O1. The van der Waals surface area contributed by atoms with Crippen LogP contribution in [0.4, 0.5) is 4.79 Å². The van der Waals surface area contributed by atoms with E-state index < -0.39 is 24.7 Å². The number of benzene rings is 1. The summed E-state index contributed by atoms with van der Waals surface area (Å²) in [5.74, 6) is 1.12. The molecule has 1 saturated heterocycles. The molecule has 200 valence electrons. The van der Waals surface area contributed by atoms with E-state index in [0.29, 0.717) is 24.4 Å². The first kappa shape index (κ1) is 27.8. The summed E-state index contributed by atoms with van der Waals surface area (Å²) >= 11 is 0. The summed E-state index contributed by atoms with van der Waals surface area (Å²) in [6, 6.07) is 7.76. The van der Waals surface area contributed by atoms with E-state index in [0.717, 1.165) is 16.9 Å². The number of aromatic nitrogens is 2. The summed E-state index contributed by atoms with van der Waals surface area (Å²) in [5.41, 5.74) is 2.40. The zero-order valence-electron chi connectivity index (χ0n) is 21.7. The van der Waals surface area contributed by atoms with Crippen LogP contribution in [-0.4, -0.2) is 64.0 Å². The minimum Gasteiger partial charge on any atom is -0.491 e. The predicted molar refractivity (Wildman–Crippen MR) is 131 cm³/mol. The Morgan fingerprint density at radius 1 is 1.17 bits per heavy atom. The average molecular weight is 507 g/mol. The fourth-order valence-corrected chi connectivity index (χ4v) is 4.09. The maximum atomic E-state index is 11.5. The molecule has 0 spiro atoms. The van der Waals surface area contributed by atoms with Gasteiger partial charge in [-0.1, -0.05) is 12.1 Å². The smallest absolute Gasteiger partial charge is 0.491 e. The standard InChI is InChI=1S/C26H38N2O8/c1-6-32-26(31)33-15-21-12-19(30)13-24(35-21)36-25-22(23(14-29)28(27-25)16(2)3)11-18-7-9-20(10-8-18)34-17(4)5/h7-10,16-17,19,21,24,29-30H,6,11-15H2,1-5H3. The van der Waals surface area contributed by atoms with Crippen LogP contribution in [0.1, 0.15) is 70.3 Å². The van der Waals surface area contributed by atoms with E-state index in [1.165, 1.54) is 0 Å². The second kappa shape index (κ2) is 12.9. The summed E-state index contributed by atoms with van der Waals surface area (Å²) in [6.45, 7) is 9.53. The molecule has 3 unspecified atom stereocenters. The fraction of sp³-hybridized carbons (Fsp3) is 0.615. The van der Waals surface area contributed by atoms with Crippen molar-refractivity contribution < 1.29 is 38.7 Å². The van der Waals surface area contributed by atoms with Gasteiger partial charge in [0.15, 0.2) is 0 Å². The lowest BCUT2D eigenvalue weighted by atomic mass is 10.0. The van der Waals surface area contributed by atoms with Crippen LogP contribution in [0.3, 0.4) is 0 Å². The molecule has 10 heteroatoms. The van der Waals surface area contributed by atoms with Crippen LogP contribution in [-0.2, 0) is 27.2 Å². The van der Waals surface area contributed by atoms with Gasteiger partial charge < -0.3 is 33.9 Å². The number of aliphatic hydroxyl groups is 2. The molecule has 2 aromatic rings. The van der Waals surface area contributed by atoms with Crippen LogP contribution < -0.4 is 9.47 Å². The molecule has 36 heavy (non-hydrogen) atoms. The molecule has 0 amide bonds. The van der Waals surface area contributed by atoms with E-state index in [-0.39, 0.29) is 38.4 Å². The molecule has 10 nitrogen and oxygen atoms in total. The molecule has 2 N–H and O–H groups in total. The molecule has 0 radical (unpaired) electrons. The van der Waals surface area contributed by atoms with Crippen molar-refractivity contribution in [2.45, 2.75) is 91.1 Å². The molecule has 1 aliphatic rings. The van der Waals surface area contributed by atoms with E-state index in [9.17, 15) is 15.0 Å². The van der Waals surface area contributed by atoms with Crippen molar-refractivity contribution in [3.63, 3.8) is 0 Å². The lowest BCUT2D eigenvalue weighted by molar-refractivity contribution is -0.187. The second-order valence-electron chi connectivity index (χ2n) is 9.34. The Kier molecular flexibility index (Phi) is 9.98. The molecular formula is C26H38N2O8. The Balaban J connectivity index is 1.78. The third-order valence-corrected chi connectivity index (χ3v) is 5.63. The first-order valence-electron chi connectivity index (χ1n) is 12.5. The minimum atomic E-state index is -0.799. The molecule has 1 aliphatic heterocycles. The Morgan fingerprint density at radius 3 is 2.50 bits per heavy atom. The number of aliphatic hydroxyl groups excluding tert-OH is 2. The third-order valence-electron chi connectivity index (χ3n) is 5.63. The van der Waals surface area contributed by atoms with Gasteiger partial charge in [0, 0.05) is 30.9 Å². The van der Waals surface area contributed by atoms with E-state index in [4.69, 9.17) is 23.7 Å². The van der Waals surface area contributed by atoms with Gasteiger partial charge in [0.25, 0.3) is 0 Å². The largest absolute Gasteiger partial charge is 0.508 e. The molecule has 3 atom stereocenters. The second-order valence-corrected chi connectivity index (χ2v) is 9.34. The van der Waals surface area contributed by atoms with Gasteiger partial charge in [0.05, 0.1) is 37.2 Å². The van der Waals surface area contributed by atoms with E-state index >= 15 is 0 Å². The number of hydrogen-bond donors (Lipinski definition) is 2. The number of nitrogens with zero attached hydrogens (tertiary/aromatic N) is 2. The van der Waals surface area contributed by atoms with Gasteiger partial charge in [-0.3, -0.25) is 4.68 Å². The lowest BCUT2D eigenvalue weighted by Crippen LogP contribution is -2.41. The molecule has 0 saturated carbocycles. The third kappa shape index (κ3) is 7.59. The van der Waals surface area contributed by atoms with Crippen LogP contribution in [0, 0.1) is 0 Å². The maximum Gasteiger partial charge on any atom is 0.508 e. The van der Waals surface area contributed by atoms with Crippen molar-refractivity contribution in [2.24, 2.45) is 0 Å². The fourth-order valence-electron chi connectivity index (χ4n) is 4.09. The van der Waals surface area contributed by atoms with Gasteiger partial charge in [0.2, 0.25) is 12.2 Å². The van der Waals surface area contributed by atoms with Crippen molar-refractivity contribution in [3.05, 3.63) is 41.1 Å². The monoisotopic (exact) mass is 506 g/mol. The Morgan fingerprint density at radius 2 is 1.89 bits per heavy atom. The molecule has 1 fully saturated rings. The van der Waals surface area contributed by atoms with Gasteiger partial charge in [-0.25, -0.2) is 4.79 Å². The zero-order valence-corrected chi connectivity index (χ0v) is 21.7. The van der Waals surface area contributed by atoms with E-state index in [1.807, 2.05) is 52.0 Å². The first-order valence-corrected chi connectivity index (χ1v) is 12.5. The molecule has 0 bridgehead atoms. The number of carbonyl (C=O) groups is 1.